The van der Waals surface area contributed by atoms with Gasteiger partial charge in [-0.15, -0.1) is 0 Å². The molecule has 4 amide bonds. The van der Waals surface area contributed by atoms with E-state index in [9.17, 15) is 14.4 Å². The number of anilines is 1. The molecule has 1 saturated heterocycles. The van der Waals surface area contributed by atoms with Crippen molar-refractivity contribution in [3.8, 4) is 0 Å². The third-order valence-electron chi connectivity index (χ3n) is 6.91. The van der Waals surface area contributed by atoms with E-state index in [0.717, 1.165) is 29.8 Å². The van der Waals surface area contributed by atoms with Gasteiger partial charge in [0.25, 0.3) is 5.91 Å². The second-order valence-corrected chi connectivity index (χ2v) is 8.81. The topological polar surface area (TPSA) is 69.7 Å². The first-order valence-corrected chi connectivity index (χ1v) is 10.2. The number of likely N-dealkylation sites (N-methyl/N-ethyl adjacent to an activating group) is 1. The summed E-state index contributed by atoms with van der Waals surface area (Å²) in [4.78, 5) is 40.8. The van der Waals surface area contributed by atoms with Crippen LogP contribution in [0.3, 0.4) is 0 Å². The Morgan fingerprint density at radius 2 is 1.82 bits per heavy atom. The maximum absolute atomic E-state index is 13.1. The molecule has 0 radical (unpaired) electrons. The molecule has 6 nitrogen and oxygen atoms in total. The predicted molar refractivity (Wildman–Crippen MR) is 109 cm³/mol. The molecule has 1 heterocycles. The van der Waals surface area contributed by atoms with E-state index in [1.807, 2.05) is 30.3 Å². The summed E-state index contributed by atoms with van der Waals surface area (Å²) < 4.78 is 0. The van der Waals surface area contributed by atoms with Gasteiger partial charge in [0.05, 0.1) is 0 Å². The van der Waals surface area contributed by atoms with Gasteiger partial charge in [-0.3, -0.25) is 14.5 Å². The van der Waals surface area contributed by atoms with Crippen LogP contribution in [0.15, 0.2) is 30.3 Å². The molecular formula is C22H31N3O3. The maximum Gasteiger partial charge on any atom is 0.325 e. The maximum atomic E-state index is 13.1. The molecule has 0 bridgehead atoms. The van der Waals surface area contributed by atoms with Crippen molar-refractivity contribution < 1.29 is 14.4 Å². The standard InChI is InChI=1S/C22H31N3O3/c1-5-21(2,3)16-11-13-22(14-12-16)19(27)25(20(28)23-22)15-18(26)24(4)17-9-7-6-8-10-17/h6-10,16H,5,11-15H2,1-4H3,(H,23,28). The molecule has 1 aromatic rings. The molecule has 3 rings (SSSR count). The van der Waals surface area contributed by atoms with Crippen molar-refractivity contribution in [1.82, 2.24) is 10.2 Å². The van der Waals surface area contributed by atoms with Gasteiger partial charge in [-0.2, -0.15) is 0 Å². The first kappa shape index (κ1) is 20.4. The minimum absolute atomic E-state index is 0.234. The van der Waals surface area contributed by atoms with Gasteiger partial charge >= 0.3 is 6.03 Å². The Labute approximate surface area is 167 Å². The van der Waals surface area contributed by atoms with Crippen LogP contribution in [0.25, 0.3) is 0 Å². The fourth-order valence-corrected chi connectivity index (χ4v) is 4.38. The lowest BCUT2D eigenvalue weighted by Crippen LogP contribution is -2.51. The summed E-state index contributed by atoms with van der Waals surface area (Å²) in [5.41, 5.74) is 0.140. The fraction of sp³-hybridized carbons (Fsp3) is 0.591. The monoisotopic (exact) mass is 385 g/mol. The Morgan fingerprint density at radius 3 is 2.39 bits per heavy atom. The molecule has 0 unspecified atom stereocenters. The lowest BCUT2D eigenvalue weighted by atomic mass is 9.65. The summed E-state index contributed by atoms with van der Waals surface area (Å²) in [5.74, 6) is 0.0142. The van der Waals surface area contributed by atoms with Gasteiger partial charge < -0.3 is 10.2 Å². The molecule has 1 aliphatic carbocycles. The van der Waals surface area contributed by atoms with Crippen LogP contribution in [0.4, 0.5) is 10.5 Å². The zero-order chi connectivity index (χ0) is 20.5. The van der Waals surface area contributed by atoms with Gasteiger partial charge in [0.1, 0.15) is 12.1 Å². The Bertz CT molecular complexity index is 752. The van der Waals surface area contributed by atoms with Gasteiger partial charge in [-0.05, 0) is 49.1 Å². The third kappa shape index (κ3) is 3.64. The van der Waals surface area contributed by atoms with Crippen LogP contribution in [-0.2, 0) is 9.59 Å². The number of benzene rings is 1. The second kappa shape index (κ2) is 7.57. The van der Waals surface area contributed by atoms with Crippen molar-refractivity contribution >= 4 is 23.5 Å². The SMILES string of the molecule is CCC(C)(C)C1CCC2(CC1)NC(=O)N(CC(=O)N(C)c1ccccc1)C2=O. The molecule has 2 aliphatic rings. The van der Waals surface area contributed by atoms with Crippen LogP contribution in [-0.4, -0.2) is 41.9 Å². The zero-order valence-corrected chi connectivity index (χ0v) is 17.3. The third-order valence-corrected chi connectivity index (χ3v) is 6.91. The van der Waals surface area contributed by atoms with Crippen LogP contribution < -0.4 is 10.2 Å². The molecule has 1 aliphatic heterocycles. The summed E-state index contributed by atoms with van der Waals surface area (Å²) in [7, 11) is 1.66. The van der Waals surface area contributed by atoms with E-state index in [4.69, 9.17) is 0 Å². The second-order valence-electron chi connectivity index (χ2n) is 8.81. The van der Waals surface area contributed by atoms with Crippen LogP contribution in [0.2, 0.25) is 0 Å². The first-order valence-electron chi connectivity index (χ1n) is 10.2. The molecule has 0 aromatic heterocycles. The van der Waals surface area contributed by atoms with Gasteiger partial charge in [0.15, 0.2) is 0 Å². The van der Waals surface area contributed by atoms with Crippen LogP contribution >= 0.6 is 0 Å². The zero-order valence-electron chi connectivity index (χ0n) is 17.3. The van der Waals surface area contributed by atoms with Crippen molar-refractivity contribution in [1.29, 1.82) is 0 Å². The van der Waals surface area contributed by atoms with Crippen molar-refractivity contribution in [2.75, 3.05) is 18.5 Å². The number of hydrogen-bond acceptors (Lipinski definition) is 3. The van der Waals surface area contributed by atoms with Crippen molar-refractivity contribution in [2.24, 2.45) is 11.3 Å². The average molecular weight is 386 g/mol. The number of carbonyl (C=O) groups is 3. The average Bonchev–Trinajstić information content (AvgIpc) is 2.92. The number of nitrogens with zero attached hydrogens (tertiary/aromatic N) is 2. The number of imide groups is 1. The van der Waals surface area contributed by atoms with E-state index < -0.39 is 11.6 Å². The Hall–Kier alpha value is -2.37. The van der Waals surface area contributed by atoms with Gasteiger partial charge in [-0.1, -0.05) is 45.4 Å². The highest BCUT2D eigenvalue weighted by molar-refractivity contribution is 6.10. The lowest BCUT2D eigenvalue weighted by molar-refractivity contribution is -0.135. The molecule has 6 heteroatoms. The van der Waals surface area contributed by atoms with E-state index >= 15 is 0 Å². The Kier molecular flexibility index (Phi) is 5.50. The Balaban J connectivity index is 1.67. The van der Waals surface area contributed by atoms with E-state index in [1.54, 1.807) is 7.05 Å². The van der Waals surface area contributed by atoms with E-state index in [0.29, 0.717) is 18.8 Å². The molecule has 2 fully saturated rings. The summed E-state index contributed by atoms with van der Waals surface area (Å²) in [5, 5.41) is 2.91. The smallest absolute Gasteiger partial charge is 0.323 e. The van der Waals surface area contributed by atoms with Gasteiger partial charge in [0.2, 0.25) is 5.91 Å². The largest absolute Gasteiger partial charge is 0.325 e. The number of para-hydroxylation sites is 1. The summed E-state index contributed by atoms with van der Waals surface area (Å²) >= 11 is 0. The number of rotatable bonds is 5. The molecule has 1 N–H and O–H groups in total. The van der Waals surface area contributed by atoms with Crippen LogP contribution in [0, 0.1) is 11.3 Å². The van der Waals surface area contributed by atoms with Crippen molar-refractivity contribution in [3.63, 3.8) is 0 Å². The molecule has 1 spiro atoms. The molecule has 0 atom stereocenters. The highest BCUT2D eigenvalue weighted by Gasteiger charge is 2.53. The highest BCUT2D eigenvalue weighted by Crippen LogP contribution is 2.45. The van der Waals surface area contributed by atoms with E-state index in [2.05, 4.69) is 26.1 Å². The Morgan fingerprint density at radius 1 is 1.21 bits per heavy atom. The number of nitrogens with one attached hydrogen (secondary N) is 1. The minimum atomic E-state index is -0.830. The fourth-order valence-electron chi connectivity index (χ4n) is 4.38. The highest BCUT2D eigenvalue weighted by atomic mass is 16.2. The number of hydrogen-bond donors (Lipinski definition) is 1. The van der Waals surface area contributed by atoms with Gasteiger partial charge in [-0.25, -0.2) is 4.79 Å². The van der Waals surface area contributed by atoms with Crippen LogP contribution in [0.1, 0.15) is 52.9 Å². The first-order chi connectivity index (χ1) is 13.2. The predicted octanol–water partition coefficient (Wildman–Crippen LogP) is 3.57. The van der Waals surface area contributed by atoms with Gasteiger partial charge in [0, 0.05) is 12.7 Å². The summed E-state index contributed by atoms with van der Waals surface area (Å²) in [6.45, 7) is 6.51. The lowest BCUT2D eigenvalue weighted by Gasteiger charge is -2.42. The van der Waals surface area contributed by atoms with E-state index in [-0.39, 0.29) is 23.8 Å². The van der Waals surface area contributed by atoms with Crippen LogP contribution in [0.5, 0.6) is 0 Å². The minimum Gasteiger partial charge on any atom is -0.323 e. The molecule has 152 valence electrons. The molecule has 1 saturated carbocycles. The number of carbonyl (C=O) groups excluding carboxylic acids is 3. The van der Waals surface area contributed by atoms with Crippen molar-refractivity contribution in [2.45, 2.75) is 58.4 Å². The number of urea groups is 1. The molecular weight excluding hydrogens is 354 g/mol. The molecule has 1 aromatic carbocycles. The molecule has 28 heavy (non-hydrogen) atoms. The summed E-state index contributed by atoms with van der Waals surface area (Å²) in [6.07, 6.45) is 4.21. The number of amides is 4. The summed E-state index contributed by atoms with van der Waals surface area (Å²) in [6, 6.07) is 8.76. The van der Waals surface area contributed by atoms with Crippen molar-refractivity contribution in [3.05, 3.63) is 30.3 Å². The quantitative estimate of drug-likeness (QED) is 0.788. The van der Waals surface area contributed by atoms with E-state index in [1.165, 1.54) is 4.90 Å². The normalized spacial score (nSPS) is 25.1.